The van der Waals surface area contributed by atoms with Gasteiger partial charge in [-0.2, -0.15) is 0 Å². The van der Waals surface area contributed by atoms with Gasteiger partial charge in [0.15, 0.2) is 0 Å². The second kappa shape index (κ2) is 6.34. The fraction of sp³-hybridized carbons (Fsp3) is 0.533. The van der Waals surface area contributed by atoms with E-state index >= 15 is 0 Å². The largest absolute Gasteiger partial charge is 0.399 e. The average molecular weight is 354 g/mol. The van der Waals surface area contributed by atoms with Gasteiger partial charge in [0.2, 0.25) is 5.91 Å². The standard InChI is InChI=1S/C15H20BrN3O2/c16-13-7-11(17)2-1-10(13)8-19-5-6-21-9-14(19)15(20)18-12-3-4-12/h1-2,7,12,14H,3-6,8-9,17H2,(H,18,20). The van der Waals surface area contributed by atoms with Crippen molar-refractivity contribution in [2.75, 3.05) is 25.5 Å². The van der Waals surface area contributed by atoms with Gasteiger partial charge in [0.1, 0.15) is 6.04 Å². The highest BCUT2D eigenvalue weighted by atomic mass is 79.9. The van der Waals surface area contributed by atoms with Crippen molar-refractivity contribution in [1.82, 2.24) is 10.2 Å². The molecule has 1 atom stereocenters. The fourth-order valence-electron chi connectivity index (χ4n) is 2.50. The minimum absolute atomic E-state index is 0.0868. The van der Waals surface area contributed by atoms with Crippen LogP contribution in [0.25, 0.3) is 0 Å². The molecule has 0 aromatic heterocycles. The molecule has 2 fully saturated rings. The molecular formula is C15H20BrN3O2. The minimum atomic E-state index is -0.205. The quantitative estimate of drug-likeness (QED) is 0.805. The van der Waals surface area contributed by atoms with E-state index in [4.69, 9.17) is 10.5 Å². The van der Waals surface area contributed by atoms with E-state index in [9.17, 15) is 4.79 Å². The Hall–Kier alpha value is -1.11. The first-order chi connectivity index (χ1) is 10.1. The zero-order valence-corrected chi connectivity index (χ0v) is 13.4. The Kier molecular flexibility index (Phi) is 4.47. The number of halogens is 1. The molecule has 0 radical (unpaired) electrons. The Labute approximate surface area is 132 Å². The molecule has 1 aliphatic carbocycles. The van der Waals surface area contributed by atoms with Crippen LogP contribution in [-0.2, 0) is 16.1 Å². The van der Waals surface area contributed by atoms with E-state index in [1.54, 1.807) is 0 Å². The van der Waals surface area contributed by atoms with Crippen molar-refractivity contribution in [3.05, 3.63) is 28.2 Å². The molecule has 1 heterocycles. The number of hydrogen-bond acceptors (Lipinski definition) is 4. The molecule has 1 aromatic carbocycles. The normalized spacial score (nSPS) is 23.0. The predicted molar refractivity (Wildman–Crippen MR) is 84.7 cm³/mol. The second-order valence-corrected chi connectivity index (χ2v) is 6.55. The summed E-state index contributed by atoms with van der Waals surface area (Å²) in [7, 11) is 0. The third kappa shape index (κ3) is 3.75. The summed E-state index contributed by atoms with van der Waals surface area (Å²) < 4.78 is 6.47. The Balaban J connectivity index is 1.69. The van der Waals surface area contributed by atoms with Gasteiger partial charge in [0.25, 0.3) is 0 Å². The van der Waals surface area contributed by atoms with Crippen LogP contribution in [0.2, 0.25) is 0 Å². The number of benzene rings is 1. The highest BCUT2D eigenvalue weighted by molar-refractivity contribution is 9.10. The number of anilines is 1. The van der Waals surface area contributed by atoms with E-state index in [1.807, 2.05) is 18.2 Å². The van der Waals surface area contributed by atoms with Crippen molar-refractivity contribution in [2.24, 2.45) is 0 Å². The maximum Gasteiger partial charge on any atom is 0.239 e. The van der Waals surface area contributed by atoms with Crippen molar-refractivity contribution < 1.29 is 9.53 Å². The molecule has 114 valence electrons. The van der Waals surface area contributed by atoms with Crippen molar-refractivity contribution in [1.29, 1.82) is 0 Å². The lowest BCUT2D eigenvalue weighted by atomic mass is 10.1. The van der Waals surface area contributed by atoms with E-state index in [0.29, 0.717) is 25.8 Å². The van der Waals surface area contributed by atoms with E-state index in [2.05, 4.69) is 26.1 Å². The average Bonchev–Trinajstić information content (AvgIpc) is 3.26. The molecule has 1 aromatic rings. The molecule has 2 aliphatic rings. The summed E-state index contributed by atoms with van der Waals surface area (Å²) in [5, 5.41) is 3.07. The van der Waals surface area contributed by atoms with Gasteiger partial charge in [0.05, 0.1) is 13.2 Å². The first kappa shape index (κ1) is 14.8. The number of rotatable bonds is 4. The summed E-state index contributed by atoms with van der Waals surface area (Å²) in [5.74, 6) is 0.0868. The van der Waals surface area contributed by atoms with Crippen LogP contribution in [0.3, 0.4) is 0 Å². The van der Waals surface area contributed by atoms with Crippen molar-refractivity contribution in [3.8, 4) is 0 Å². The number of nitrogens with two attached hydrogens (primary N) is 1. The lowest BCUT2D eigenvalue weighted by molar-refractivity contribution is -0.133. The molecule has 1 aliphatic heterocycles. The summed E-state index contributed by atoms with van der Waals surface area (Å²) in [6.45, 7) is 2.61. The monoisotopic (exact) mass is 353 g/mol. The zero-order valence-electron chi connectivity index (χ0n) is 11.8. The number of amides is 1. The summed E-state index contributed by atoms with van der Waals surface area (Å²) in [6.07, 6.45) is 2.20. The number of carbonyl (C=O) groups excluding carboxylic acids is 1. The van der Waals surface area contributed by atoms with Crippen LogP contribution >= 0.6 is 15.9 Å². The Morgan fingerprint density at radius 1 is 1.48 bits per heavy atom. The van der Waals surface area contributed by atoms with Gasteiger partial charge in [-0.25, -0.2) is 0 Å². The Morgan fingerprint density at radius 3 is 3.00 bits per heavy atom. The van der Waals surface area contributed by atoms with Crippen molar-refractivity contribution >= 4 is 27.5 Å². The van der Waals surface area contributed by atoms with Crippen LogP contribution in [0.1, 0.15) is 18.4 Å². The van der Waals surface area contributed by atoms with Crippen molar-refractivity contribution in [3.63, 3.8) is 0 Å². The van der Waals surface area contributed by atoms with Gasteiger partial charge < -0.3 is 15.8 Å². The highest BCUT2D eigenvalue weighted by Crippen LogP contribution is 2.24. The highest BCUT2D eigenvalue weighted by Gasteiger charge is 2.33. The number of nitrogens with zero attached hydrogens (tertiary/aromatic N) is 1. The van der Waals surface area contributed by atoms with Crippen LogP contribution in [0.15, 0.2) is 22.7 Å². The van der Waals surface area contributed by atoms with Crippen LogP contribution in [0, 0.1) is 0 Å². The Bertz CT molecular complexity index is 534. The first-order valence-electron chi connectivity index (χ1n) is 7.29. The lowest BCUT2D eigenvalue weighted by Gasteiger charge is -2.34. The summed E-state index contributed by atoms with van der Waals surface area (Å²) in [4.78, 5) is 14.5. The molecular weight excluding hydrogens is 334 g/mol. The molecule has 1 saturated carbocycles. The SMILES string of the molecule is Nc1ccc(CN2CCOCC2C(=O)NC2CC2)c(Br)c1. The molecule has 1 saturated heterocycles. The number of nitrogen functional groups attached to an aromatic ring is 1. The summed E-state index contributed by atoms with van der Waals surface area (Å²) in [6, 6.07) is 5.97. The second-order valence-electron chi connectivity index (χ2n) is 5.69. The van der Waals surface area contributed by atoms with Crippen LogP contribution < -0.4 is 11.1 Å². The molecule has 1 unspecified atom stereocenters. The van der Waals surface area contributed by atoms with Gasteiger partial charge in [-0.3, -0.25) is 9.69 Å². The van der Waals surface area contributed by atoms with Crippen molar-refractivity contribution in [2.45, 2.75) is 31.5 Å². The van der Waals surface area contributed by atoms with E-state index in [-0.39, 0.29) is 11.9 Å². The van der Waals surface area contributed by atoms with Gasteiger partial charge in [0, 0.05) is 29.3 Å². The predicted octanol–water partition coefficient (Wildman–Crippen LogP) is 1.51. The van der Waals surface area contributed by atoms with Crippen LogP contribution in [-0.4, -0.2) is 42.6 Å². The number of nitrogens with one attached hydrogen (secondary N) is 1. The van der Waals surface area contributed by atoms with Crippen LogP contribution in [0.5, 0.6) is 0 Å². The molecule has 0 spiro atoms. The fourth-order valence-corrected chi connectivity index (χ4v) is 3.03. The third-order valence-electron chi connectivity index (χ3n) is 3.92. The minimum Gasteiger partial charge on any atom is -0.399 e. The molecule has 3 rings (SSSR count). The summed E-state index contributed by atoms with van der Waals surface area (Å²) in [5.41, 5.74) is 7.64. The smallest absolute Gasteiger partial charge is 0.239 e. The number of ether oxygens (including phenoxy) is 1. The van der Waals surface area contributed by atoms with Gasteiger partial charge >= 0.3 is 0 Å². The maximum atomic E-state index is 12.3. The third-order valence-corrected chi connectivity index (χ3v) is 4.65. The number of hydrogen-bond donors (Lipinski definition) is 2. The maximum absolute atomic E-state index is 12.3. The van der Waals surface area contributed by atoms with E-state index in [0.717, 1.165) is 35.1 Å². The first-order valence-corrected chi connectivity index (χ1v) is 8.09. The lowest BCUT2D eigenvalue weighted by Crippen LogP contribution is -2.53. The molecule has 3 N–H and O–H groups in total. The number of carbonyl (C=O) groups is 1. The van der Waals surface area contributed by atoms with Gasteiger partial charge in [-0.1, -0.05) is 22.0 Å². The Morgan fingerprint density at radius 2 is 2.29 bits per heavy atom. The molecule has 1 amide bonds. The van der Waals surface area contributed by atoms with Crippen LogP contribution in [0.4, 0.5) is 5.69 Å². The molecule has 5 nitrogen and oxygen atoms in total. The zero-order chi connectivity index (χ0) is 14.8. The summed E-state index contributed by atoms with van der Waals surface area (Å²) >= 11 is 3.54. The molecule has 21 heavy (non-hydrogen) atoms. The molecule has 0 bridgehead atoms. The van der Waals surface area contributed by atoms with E-state index < -0.39 is 0 Å². The molecule has 6 heteroatoms. The van der Waals surface area contributed by atoms with E-state index in [1.165, 1.54) is 0 Å². The van der Waals surface area contributed by atoms with Gasteiger partial charge in [-0.05, 0) is 30.5 Å². The van der Waals surface area contributed by atoms with Gasteiger partial charge in [-0.15, -0.1) is 0 Å². The number of morpholine rings is 1. The topological polar surface area (TPSA) is 67.6 Å².